The van der Waals surface area contributed by atoms with Crippen LogP contribution >= 0.6 is 22.7 Å². The summed E-state index contributed by atoms with van der Waals surface area (Å²) in [4.78, 5) is 28.5. The SMILES string of the molecule is COc1ccc(OC)c(NC(=O)COC(=O)c2csc(-c3ccsc3)n2)c1. The van der Waals surface area contributed by atoms with Crippen LogP contribution in [0.3, 0.4) is 0 Å². The van der Waals surface area contributed by atoms with Gasteiger partial charge in [0.25, 0.3) is 5.91 Å². The first-order valence-electron chi connectivity index (χ1n) is 7.78. The van der Waals surface area contributed by atoms with Gasteiger partial charge in [-0.05, 0) is 23.6 Å². The lowest BCUT2D eigenvalue weighted by Gasteiger charge is -2.11. The first-order chi connectivity index (χ1) is 13.1. The smallest absolute Gasteiger partial charge is 0.358 e. The van der Waals surface area contributed by atoms with E-state index in [2.05, 4.69) is 10.3 Å². The molecule has 0 aliphatic rings. The van der Waals surface area contributed by atoms with Crippen molar-refractivity contribution in [1.29, 1.82) is 0 Å². The zero-order valence-corrected chi connectivity index (χ0v) is 16.2. The van der Waals surface area contributed by atoms with Crippen molar-refractivity contribution in [1.82, 2.24) is 4.98 Å². The molecule has 140 valence electrons. The largest absolute Gasteiger partial charge is 0.497 e. The molecule has 0 aliphatic heterocycles. The number of esters is 1. The molecule has 0 aliphatic carbocycles. The van der Waals surface area contributed by atoms with Gasteiger partial charge in [-0.2, -0.15) is 11.3 Å². The Balaban J connectivity index is 1.58. The summed E-state index contributed by atoms with van der Waals surface area (Å²) < 4.78 is 15.4. The second kappa shape index (κ2) is 8.65. The number of anilines is 1. The zero-order chi connectivity index (χ0) is 19.2. The lowest BCUT2D eigenvalue weighted by molar-refractivity contribution is -0.119. The summed E-state index contributed by atoms with van der Waals surface area (Å²) in [7, 11) is 3.01. The molecular formula is C18H16N2O5S2. The van der Waals surface area contributed by atoms with E-state index in [1.807, 2.05) is 16.8 Å². The monoisotopic (exact) mass is 404 g/mol. The molecule has 0 radical (unpaired) electrons. The van der Waals surface area contributed by atoms with Gasteiger partial charge in [0, 0.05) is 22.4 Å². The van der Waals surface area contributed by atoms with Gasteiger partial charge < -0.3 is 19.5 Å². The molecule has 1 N–H and O–H groups in total. The second-order valence-electron chi connectivity index (χ2n) is 5.24. The first kappa shape index (κ1) is 18.9. The van der Waals surface area contributed by atoms with Crippen LogP contribution in [0.5, 0.6) is 11.5 Å². The fraction of sp³-hybridized carbons (Fsp3) is 0.167. The van der Waals surface area contributed by atoms with Gasteiger partial charge in [0.15, 0.2) is 12.3 Å². The molecule has 0 spiro atoms. The van der Waals surface area contributed by atoms with E-state index in [0.29, 0.717) is 17.2 Å². The number of thiophene rings is 1. The van der Waals surface area contributed by atoms with Crippen LogP contribution in [0.1, 0.15) is 10.5 Å². The number of methoxy groups -OCH3 is 2. The van der Waals surface area contributed by atoms with E-state index in [4.69, 9.17) is 14.2 Å². The molecule has 0 unspecified atom stereocenters. The zero-order valence-electron chi connectivity index (χ0n) is 14.6. The van der Waals surface area contributed by atoms with Crippen LogP contribution in [-0.4, -0.2) is 37.7 Å². The van der Waals surface area contributed by atoms with Gasteiger partial charge in [0.2, 0.25) is 0 Å². The molecule has 2 heterocycles. The fourth-order valence-corrected chi connectivity index (χ4v) is 3.69. The predicted octanol–water partition coefficient (Wildman–Crippen LogP) is 3.68. The van der Waals surface area contributed by atoms with Crippen LogP contribution in [-0.2, 0) is 9.53 Å². The first-order valence-corrected chi connectivity index (χ1v) is 9.60. The number of ether oxygens (including phenoxy) is 3. The molecule has 27 heavy (non-hydrogen) atoms. The van der Waals surface area contributed by atoms with Crippen molar-refractivity contribution in [3.63, 3.8) is 0 Å². The average molecular weight is 404 g/mol. The average Bonchev–Trinajstić information content (AvgIpc) is 3.37. The molecular weight excluding hydrogens is 388 g/mol. The van der Waals surface area contributed by atoms with Crippen molar-refractivity contribution in [2.75, 3.05) is 26.1 Å². The summed E-state index contributed by atoms with van der Waals surface area (Å²) in [6, 6.07) is 6.92. The number of thiazole rings is 1. The molecule has 3 rings (SSSR count). The Bertz CT molecular complexity index is 937. The summed E-state index contributed by atoms with van der Waals surface area (Å²) >= 11 is 2.90. The molecule has 1 amide bonds. The highest BCUT2D eigenvalue weighted by Gasteiger charge is 2.16. The Morgan fingerprint density at radius 3 is 2.70 bits per heavy atom. The van der Waals surface area contributed by atoms with Gasteiger partial charge >= 0.3 is 5.97 Å². The molecule has 7 nitrogen and oxygen atoms in total. The third-order valence-electron chi connectivity index (χ3n) is 3.50. The summed E-state index contributed by atoms with van der Waals surface area (Å²) in [5, 5.41) is 8.86. The van der Waals surface area contributed by atoms with Crippen LogP contribution in [0.15, 0.2) is 40.4 Å². The lowest BCUT2D eigenvalue weighted by atomic mass is 10.2. The minimum Gasteiger partial charge on any atom is -0.497 e. The van der Waals surface area contributed by atoms with Gasteiger partial charge in [0.1, 0.15) is 16.5 Å². The number of benzene rings is 1. The Hall–Kier alpha value is -2.91. The van der Waals surface area contributed by atoms with E-state index in [0.717, 1.165) is 10.6 Å². The number of nitrogens with zero attached hydrogens (tertiary/aromatic N) is 1. The summed E-state index contributed by atoms with van der Waals surface area (Å²) in [6.45, 7) is -0.440. The number of amides is 1. The maximum atomic E-state index is 12.1. The number of aromatic nitrogens is 1. The molecule has 0 bridgehead atoms. The Kier molecular flexibility index (Phi) is 6.05. The summed E-state index contributed by atoms with van der Waals surface area (Å²) in [5.74, 6) is -0.120. The standard InChI is InChI=1S/C18H16N2O5S2/c1-23-12-3-4-15(24-2)13(7-12)19-16(21)8-25-18(22)14-10-27-17(20-14)11-5-6-26-9-11/h3-7,9-10H,8H2,1-2H3,(H,19,21). The third-order valence-corrected chi connectivity index (χ3v) is 5.07. The van der Waals surface area contributed by atoms with E-state index < -0.39 is 18.5 Å². The van der Waals surface area contributed by atoms with E-state index in [-0.39, 0.29) is 5.69 Å². The highest BCUT2D eigenvalue weighted by atomic mass is 32.1. The molecule has 3 aromatic rings. The van der Waals surface area contributed by atoms with Gasteiger partial charge in [-0.1, -0.05) is 0 Å². The van der Waals surface area contributed by atoms with Crippen LogP contribution < -0.4 is 14.8 Å². The van der Waals surface area contributed by atoms with E-state index in [1.54, 1.807) is 34.9 Å². The minimum absolute atomic E-state index is 0.174. The number of carbonyl (C=O) groups is 2. The maximum Gasteiger partial charge on any atom is 0.358 e. The molecule has 1 aromatic carbocycles. The van der Waals surface area contributed by atoms with Crippen molar-refractivity contribution < 1.29 is 23.8 Å². The normalized spacial score (nSPS) is 10.3. The lowest BCUT2D eigenvalue weighted by Crippen LogP contribution is -2.21. The molecule has 2 aromatic heterocycles. The van der Waals surface area contributed by atoms with Crippen molar-refractivity contribution in [2.24, 2.45) is 0 Å². The molecule has 0 saturated heterocycles. The van der Waals surface area contributed by atoms with Crippen molar-refractivity contribution in [3.05, 3.63) is 46.1 Å². The quantitative estimate of drug-likeness (QED) is 0.605. The number of carbonyl (C=O) groups excluding carboxylic acids is 2. The minimum atomic E-state index is -0.652. The van der Waals surface area contributed by atoms with E-state index >= 15 is 0 Å². The molecule has 0 atom stereocenters. The van der Waals surface area contributed by atoms with Gasteiger partial charge in [-0.3, -0.25) is 4.79 Å². The van der Waals surface area contributed by atoms with Gasteiger partial charge in [-0.25, -0.2) is 9.78 Å². The molecule has 9 heteroatoms. The van der Waals surface area contributed by atoms with Crippen LogP contribution in [0.2, 0.25) is 0 Å². The summed E-state index contributed by atoms with van der Waals surface area (Å²) in [6.07, 6.45) is 0. The van der Waals surface area contributed by atoms with Crippen molar-refractivity contribution >= 4 is 40.2 Å². The number of rotatable bonds is 7. The van der Waals surface area contributed by atoms with E-state index in [9.17, 15) is 9.59 Å². The third kappa shape index (κ3) is 4.63. The van der Waals surface area contributed by atoms with Gasteiger partial charge in [-0.15, -0.1) is 11.3 Å². The molecule has 0 saturated carbocycles. The number of hydrogen-bond acceptors (Lipinski definition) is 8. The molecule has 0 fully saturated rings. The highest BCUT2D eigenvalue weighted by Crippen LogP contribution is 2.29. The maximum absolute atomic E-state index is 12.1. The topological polar surface area (TPSA) is 86.8 Å². The van der Waals surface area contributed by atoms with Crippen LogP contribution in [0.25, 0.3) is 10.6 Å². The van der Waals surface area contributed by atoms with Crippen LogP contribution in [0, 0.1) is 0 Å². The van der Waals surface area contributed by atoms with E-state index in [1.165, 1.54) is 25.6 Å². The van der Waals surface area contributed by atoms with Gasteiger partial charge in [0.05, 0.1) is 19.9 Å². The number of nitrogens with one attached hydrogen (secondary N) is 1. The summed E-state index contributed by atoms with van der Waals surface area (Å²) in [5.41, 5.74) is 1.55. The van der Waals surface area contributed by atoms with Crippen molar-refractivity contribution in [3.8, 4) is 22.1 Å². The predicted molar refractivity (Wildman–Crippen MR) is 104 cm³/mol. The number of hydrogen-bond donors (Lipinski definition) is 1. The fourth-order valence-electron chi connectivity index (χ4n) is 2.19. The highest BCUT2D eigenvalue weighted by molar-refractivity contribution is 7.14. The Labute approximate surface area is 163 Å². The van der Waals surface area contributed by atoms with Crippen molar-refractivity contribution in [2.45, 2.75) is 0 Å². The second-order valence-corrected chi connectivity index (χ2v) is 6.88. The Morgan fingerprint density at radius 2 is 2.00 bits per heavy atom. The van der Waals surface area contributed by atoms with Crippen LogP contribution in [0.4, 0.5) is 5.69 Å². The Morgan fingerprint density at radius 1 is 1.15 bits per heavy atom.